The van der Waals surface area contributed by atoms with Crippen LogP contribution in [0, 0.1) is 6.92 Å². The highest BCUT2D eigenvalue weighted by Gasteiger charge is 2.28. The topological polar surface area (TPSA) is 79.6 Å². The van der Waals surface area contributed by atoms with Crippen molar-refractivity contribution >= 4 is 33.4 Å². The molecule has 142 valence electrons. The number of furan rings is 1. The predicted octanol–water partition coefficient (Wildman–Crippen LogP) is 2.79. The first-order valence-corrected chi connectivity index (χ1v) is 11.2. The molecule has 0 aliphatic rings. The monoisotopic (exact) mass is 396 g/mol. The van der Waals surface area contributed by atoms with Gasteiger partial charge in [-0.15, -0.1) is 0 Å². The molecule has 8 heteroatoms. The summed E-state index contributed by atoms with van der Waals surface area (Å²) in [6.07, 6.45) is 2.74. The van der Waals surface area contributed by atoms with Crippen molar-refractivity contribution in [2.75, 3.05) is 22.9 Å². The lowest BCUT2D eigenvalue weighted by molar-refractivity contribution is -0.121. The number of carbonyl (C=O) groups is 1. The minimum absolute atomic E-state index is 0.324. The Labute approximate surface area is 159 Å². The molecule has 0 fully saturated rings. The summed E-state index contributed by atoms with van der Waals surface area (Å²) in [6.45, 7) is 3.97. The molecule has 0 radical (unpaired) electrons. The Bertz CT molecular complexity index is 802. The van der Waals surface area contributed by atoms with E-state index in [1.807, 2.05) is 31.2 Å². The molecule has 0 aliphatic carbocycles. The van der Waals surface area contributed by atoms with Crippen LogP contribution in [0.15, 0.2) is 47.1 Å². The Morgan fingerprint density at radius 3 is 2.54 bits per heavy atom. The lowest BCUT2D eigenvalue weighted by Crippen LogP contribution is -2.48. The molecule has 0 spiro atoms. The highest BCUT2D eigenvalue weighted by atomic mass is 32.2. The third-order valence-electron chi connectivity index (χ3n) is 3.75. The van der Waals surface area contributed by atoms with Gasteiger partial charge in [0.25, 0.3) is 0 Å². The Hall–Kier alpha value is -1.93. The zero-order chi connectivity index (χ0) is 19.2. The van der Waals surface area contributed by atoms with Gasteiger partial charge in [-0.05, 0) is 38.1 Å². The number of benzene rings is 1. The normalized spacial score (nSPS) is 12.6. The van der Waals surface area contributed by atoms with E-state index in [1.165, 1.54) is 0 Å². The first-order chi connectivity index (χ1) is 12.3. The summed E-state index contributed by atoms with van der Waals surface area (Å²) in [4.78, 5) is 12.4. The quantitative estimate of drug-likeness (QED) is 0.660. The lowest BCUT2D eigenvalue weighted by atomic mass is 10.2. The number of sulfonamides is 1. The van der Waals surface area contributed by atoms with E-state index < -0.39 is 16.1 Å². The molecule has 6 nitrogen and oxygen atoms in total. The molecule has 0 aliphatic heterocycles. The van der Waals surface area contributed by atoms with Crippen molar-refractivity contribution in [3.8, 4) is 0 Å². The summed E-state index contributed by atoms with van der Waals surface area (Å²) in [5.41, 5.74) is 1.50. The number of nitrogens with zero attached hydrogens (tertiary/aromatic N) is 1. The number of hydrogen-bond donors (Lipinski definition) is 1. The van der Waals surface area contributed by atoms with Crippen molar-refractivity contribution in [1.29, 1.82) is 0 Å². The number of carbonyl (C=O) groups excluding carboxylic acids is 1. The molecule has 2 aromatic rings. The fourth-order valence-electron chi connectivity index (χ4n) is 2.46. The van der Waals surface area contributed by atoms with Gasteiger partial charge in [-0.1, -0.05) is 17.7 Å². The molecule has 0 unspecified atom stereocenters. The number of anilines is 1. The van der Waals surface area contributed by atoms with Crippen LogP contribution in [0.3, 0.4) is 0 Å². The van der Waals surface area contributed by atoms with Gasteiger partial charge in [-0.25, -0.2) is 8.42 Å². The number of amides is 1. The summed E-state index contributed by atoms with van der Waals surface area (Å²) in [5, 5.41) is 2.80. The van der Waals surface area contributed by atoms with Crippen LogP contribution in [0.2, 0.25) is 0 Å². The van der Waals surface area contributed by atoms with Crippen LogP contribution in [0.25, 0.3) is 0 Å². The van der Waals surface area contributed by atoms with Gasteiger partial charge in [0.05, 0.1) is 24.0 Å². The van der Waals surface area contributed by atoms with Crippen LogP contribution in [0.1, 0.15) is 18.2 Å². The maximum atomic E-state index is 12.4. The standard InChI is InChI=1S/C18H24N2O4S2/c1-14-6-8-16(9-7-14)20(26(3,22)23)15(2)18(21)19-10-12-25-13-17-5-4-11-24-17/h4-9,11,15H,10,12-13H2,1-3H3,(H,19,21)/t15-/m1/s1. The maximum absolute atomic E-state index is 12.4. The van der Waals surface area contributed by atoms with Gasteiger partial charge < -0.3 is 9.73 Å². The van der Waals surface area contributed by atoms with Gasteiger partial charge in [-0.2, -0.15) is 11.8 Å². The Morgan fingerprint density at radius 1 is 1.27 bits per heavy atom. The van der Waals surface area contributed by atoms with Crippen LogP contribution in [-0.4, -0.2) is 38.9 Å². The molecule has 0 saturated heterocycles. The SMILES string of the molecule is Cc1ccc(N([C@H](C)C(=O)NCCSCc2ccco2)S(C)(=O)=O)cc1. The van der Waals surface area contributed by atoms with Crippen LogP contribution in [0.5, 0.6) is 0 Å². The minimum atomic E-state index is -3.59. The highest BCUT2D eigenvalue weighted by Crippen LogP contribution is 2.21. The number of nitrogens with one attached hydrogen (secondary N) is 1. The summed E-state index contributed by atoms with van der Waals surface area (Å²) in [6, 6.07) is 9.97. The number of hydrogen-bond acceptors (Lipinski definition) is 5. The lowest BCUT2D eigenvalue weighted by Gasteiger charge is -2.28. The summed E-state index contributed by atoms with van der Waals surface area (Å²) < 4.78 is 30.8. The Balaban J connectivity index is 1.91. The molecule has 1 N–H and O–H groups in total. The van der Waals surface area contributed by atoms with Gasteiger partial charge in [-0.3, -0.25) is 9.10 Å². The molecule has 1 aromatic carbocycles. The molecule has 0 bridgehead atoms. The Kier molecular flexibility index (Phi) is 7.16. The molecule has 0 saturated carbocycles. The van der Waals surface area contributed by atoms with Crippen LogP contribution >= 0.6 is 11.8 Å². The molecule has 1 atom stereocenters. The third-order valence-corrected chi connectivity index (χ3v) is 5.97. The number of aryl methyl sites for hydroxylation is 1. The predicted molar refractivity (Wildman–Crippen MR) is 106 cm³/mol. The van der Waals surface area contributed by atoms with Crippen LogP contribution < -0.4 is 9.62 Å². The maximum Gasteiger partial charge on any atom is 0.243 e. The molecule has 2 rings (SSSR count). The fraction of sp³-hybridized carbons (Fsp3) is 0.389. The number of rotatable bonds is 9. The van der Waals surface area contributed by atoms with E-state index in [-0.39, 0.29) is 5.91 Å². The second-order valence-electron chi connectivity index (χ2n) is 5.99. The van der Waals surface area contributed by atoms with Gasteiger partial charge in [0.1, 0.15) is 11.8 Å². The average molecular weight is 397 g/mol. The largest absolute Gasteiger partial charge is 0.468 e. The van der Waals surface area contributed by atoms with Gasteiger partial charge in [0.2, 0.25) is 15.9 Å². The van der Waals surface area contributed by atoms with E-state index in [2.05, 4.69) is 5.32 Å². The molecule has 1 amide bonds. The van der Waals surface area contributed by atoms with Crippen molar-refractivity contribution in [2.24, 2.45) is 0 Å². The minimum Gasteiger partial charge on any atom is -0.468 e. The smallest absolute Gasteiger partial charge is 0.243 e. The summed E-state index contributed by atoms with van der Waals surface area (Å²) in [7, 11) is -3.59. The molecular weight excluding hydrogens is 372 g/mol. The zero-order valence-corrected chi connectivity index (χ0v) is 16.8. The third kappa shape index (κ3) is 5.81. The molecular formula is C18H24N2O4S2. The summed E-state index contributed by atoms with van der Waals surface area (Å²) >= 11 is 1.64. The van der Waals surface area contributed by atoms with E-state index >= 15 is 0 Å². The first-order valence-electron chi connectivity index (χ1n) is 8.23. The second-order valence-corrected chi connectivity index (χ2v) is 8.96. The van der Waals surface area contributed by atoms with E-state index in [0.29, 0.717) is 18.0 Å². The van der Waals surface area contributed by atoms with E-state index in [9.17, 15) is 13.2 Å². The van der Waals surface area contributed by atoms with E-state index in [4.69, 9.17) is 4.42 Å². The Morgan fingerprint density at radius 2 is 1.96 bits per heavy atom. The van der Waals surface area contributed by atoms with Gasteiger partial charge in [0.15, 0.2) is 0 Å². The first kappa shape index (κ1) is 20.4. The van der Waals surface area contributed by atoms with Crippen molar-refractivity contribution in [3.05, 3.63) is 54.0 Å². The van der Waals surface area contributed by atoms with Gasteiger partial charge >= 0.3 is 0 Å². The van der Waals surface area contributed by atoms with Gasteiger partial charge in [0, 0.05) is 12.3 Å². The molecule has 26 heavy (non-hydrogen) atoms. The second kappa shape index (κ2) is 9.14. The average Bonchev–Trinajstić information content (AvgIpc) is 3.08. The van der Waals surface area contributed by atoms with Crippen molar-refractivity contribution < 1.29 is 17.6 Å². The zero-order valence-electron chi connectivity index (χ0n) is 15.1. The van der Waals surface area contributed by atoms with Crippen LogP contribution in [0.4, 0.5) is 5.69 Å². The number of thioether (sulfide) groups is 1. The van der Waals surface area contributed by atoms with E-state index in [1.54, 1.807) is 37.1 Å². The summed E-state index contributed by atoms with van der Waals surface area (Å²) in [5.74, 6) is 2.01. The molecule has 1 heterocycles. The van der Waals surface area contributed by atoms with Crippen LogP contribution in [-0.2, 0) is 20.6 Å². The van der Waals surface area contributed by atoms with E-state index in [0.717, 1.165) is 27.6 Å². The molecule has 1 aromatic heterocycles. The van der Waals surface area contributed by atoms with Crippen molar-refractivity contribution in [3.63, 3.8) is 0 Å². The highest BCUT2D eigenvalue weighted by molar-refractivity contribution is 7.98. The van der Waals surface area contributed by atoms with Crippen molar-refractivity contribution in [1.82, 2.24) is 5.32 Å². The fourth-order valence-corrected chi connectivity index (χ4v) is 4.39. The van der Waals surface area contributed by atoms with Crippen molar-refractivity contribution in [2.45, 2.75) is 25.6 Å².